The Morgan fingerprint density at radius 1 is 1.14 bits per heavy atom. The molecule has 7 heteroatoms. The summed E-state index contributed by atoms with van der Waals surface area (Å²) in [4.78, 5) is 11.9. The molecule has 0 saturated heterocycles. The molecular formula is C15H11BrFNO3S. The van der Waals surface area contributed by atoms with Crippen LogP contribution < -0.4 is 5.14 Å². The summed E-state index contributed by atoms with van der Waals surface area (Å²) in [6.07, 6.45) is 2.58. The van der Waals surface area contributed by atoms with Crippen molar-refractivity contribution >= 4 is 37.8 Å². The molecule has 2 rings (SSSR count). The van der Waals surface area contributed by atoms with Gasteiger partial charge >= 0.3 is 0 Å². The minimum atomic E-state index is -3.80. The molecule has 0 spiro atoms. The lowest BCUT2D eigenvalue weighted by molar-refractivity contribution is 0.104. The summed E-state index contributed by atoms with van der Waals surface area (Å²) in [5, 5.41) is 4.98. The Hall–Kier alpha value is -1.83. The molecule has 0 radical (unpaired) electrons. The highest BCUT2D eigenvalue weighted by molar-refractivity contribution is 9.10. The molecule has 0 aromatic heterocycles. The molecule has 0 heterocycles. The van der Waals surface area contributed by atoms with Crippen LogP contribution in [0, 0.1) is 5.82 Å². The van der Waals surface area contributed by atoms with Crippen LogP contribution in [0.15, 0.2) is 57.9 Å². The number of carbonyl (C=O) groups is 1. The van der Waals surface area contributed by atoms with Gasteiger partial charge in [-0.1, -0.05) is 15.9 Å². The second-order valence-corrected chi connectivity index (χ2v) is 6.91. The first-order valence-corrected chi connectivity index (χ1v) is 8.41. The Morgan fingerprint density at radius 3 is 2.36 bits per heavy atom. The van der Waals surface area contributed by atoms with Crippen molar-refractivity contribution < 1.29 is 17.6 Å². The van der Waals surface area contributed by atoms with Crippen LogP contribution in [0.2, 0.25) is 0 Å². The van der Waals surface area contributed by atoms with Crippen LogP contribution >= 0.6 is 15.9 Å². The molecule has 2 aromatic rings. The number of halogens is 2. The van der Waals surface area contributed by atoms with Gasteiger partial charge in [0.2, 0.25) is 10.0 Å². The summed E-state index contributed by atoms with van der Waals surface area (Å²) in [6, 6.07) is 9.58. The molecule has 0 amide bonds. The molecule has 0 aliphatic heterocycles. The number of rotatable bonds is 4. The van der Waals surface area contributed by atoms with E-state index in [-0.39, 0.29) is 21.8 Å². The average molecular weight is 384 g/mol. The van der Waals surface area contributed by atoms with E-state index in [4.69, 9.17) is 5.14 Å². The van der Waals surface area contributed by atoms with Gasteiger partial charge in [-0.2, -0.15) is 0 Å². The van der Waals surface area contributed by atoms with Crippen LogP contribution in [-0.4, -0.2) is 14.2 Å². The number of hydrogen-bond donors (Lipinski definition) is 1. The van der Waals surface area contributed by atoms with Crippen molar-refractivity contribution in [3.63, 3.8) is 0 Å². The summed E-state index contributed by atoms with van der Waals surface area (Å²) < 4.78 is 36.5. The first kappa shape index (κ1) is 16.5. The number of allylic oxidation sites excluding steroid dienone is 1. The summed E-state index contributed by atoms with van der Waals surface area (Å²) in [5.41, 5.74) is 0.544. The molecule has 0 aliphatic rings. The molecule has 4 nitrogen and oxygen atoms in total. The maximum atomic E-state index is 13.5. The van der Waals surface area contributed by atoms with Gasteiger partial charge < -0.3 is 0 Å². The molecule has 0 unspecified atom stereocenters. The van der Waals surface area contributed by atoms with Crippen molar-refractivity contribution in [1.82, 2.24) is 0 Å². The van der Waals surface area contributed by atoms with Crippen LogP contribution in [0.25, 0.3) is 6.08 Å². The number of benzene rings is 2. The Morgan fingerprint density at radius 2 is 1.77 bits per heavy atom. The number of ketones is 1. The van der Waals surface area contributed by atoms with E-state index in [0.717, 1.165) is 0 Å². The summed E-state index contributed by atoms with van der Waals surface area (Å²) >= 11 is 3.22. The van der Waals surface area contributed by atoms with E-state index in [1.165, 1.54) is 42.5 Å². The second-order valence-electron chi connectivity index (χ2n) is 4.43. The fourth-order valence-corrected chi connectivity index (χ4v) is 2.61. The van der Waals surface area contributed by atoms with Gasteiger partial charge in [-0.3, -0.25) is 4.79 Å². The Labute approximate surface area is 135 Å². The zero-order valence-corrected chi connectivity index (χ0v) is 13.6. The van der Waals surface area contributed by atoms with Gasteiger partial charge in [-0.05, 0) is 54.6 Å². The molecule has 0 bridgehead atoms. The SMILES string of the molecule is NS(=O)(=O)c1ccc(C(=O)/C=C/c2cc(Br)ccc2F)cc1. The third-order valence-corrected chi connectivity index (χ3v) is 4.26. The van der Waals surface area contributed by atoms with E-state index >= 15 is 0 Å². The van der Waals surface area contributed by atoms with Gasteiger partial charge in [0, 0.05) is 15.6 Å². The van der Waals surface area contributed by atoms with Crippen molar-refractivity contribution in [2.24, 2.45) is 5.14 Å². The van der Waals surface area contributed by atoms with Crippen LogP contribution in [0.1, 0.15) is 15.9 Å². The van der Waals surface area contributed by atoms with Gasteiger partial charge in [0.05, 0.1) is 4.90 Å². The first-order chi connectivity index (χ1) is 10.3. The van der Waals surface area contributed by atoms with E-state index in [2.05, 4.69) is 15.9 Å². The number of primary sulfonamides is 1. The molecule has 114 valence electrons. The highest BCUT2D eigenvalue weighted by atomic mass is 79.9. The number of hydrogen-bond acceptors (Lipinski definition) is 3. The van der Waals surface area contributed by atoms with E-state index in [9.17, 15) is 17.6 Å². The van der Waals surface area contributed by atoms with Gasteiger partial charge in [-0.25, -0.2) is 17.9 Å². The maximum absolute atomic E-state index is 13.5. The van der Waals surface area contributed by atoms with Gasteiger partial charge in [-0.15, -0.1) is 0 Å². The fraction of sp³-hybridized carbons (Fsp3) is 0. The number of nitrogens with two attached hydrogens (primary N) is 1. The summed E-state index contributed by atoms with van der Waals surface area (Å²) in [7, 11) is -3.80. The van der Waals surface area contributed by atoms with Crippen LogP contribution in [0.3, 0.4) is 0 Å². The van der Waals surface area contributed by atoms with E-state index in [1.54, 1.807) is 12.1 Å². The smallest absolute Gasteiger partial charge is 0.238 e. The highest BCUT2D eigenvalue weighted by Crippen LogP contribution is 2.17. The molecule has 2 aromatic carbocycles. The van der Waals surface area contributed by atoms with Crippen molar-refractivity contribution in [1.29, 1.82) is 0 Å². The average Bonchev–Trinajstić information content (AvgIpc) is 2.47. The lowest BCUT2D eigenvalue weighted by Crippen LogP contribution is -2.12. The monoisotopic (exact) mass is 383 g/mol. The van der Waals surface area contributed by atoms with Crippen molar-refractivity contribution in [2.45, 2.75) is 4.90 Å². The van der Waals surface area contributed by atoms with Crippen molar-refractivity contribution in [3.05, 3.63) is 70.0 Å². The predicted molar refractivity (Wildman–Crippen MR) is 85.3 cm³/mol. The molecule has 0 atom stereocenters. The zero-order valence-electron chi connectivity index (χ0n) is 11.2. The highest BCUT2D eigenvalue weighted by Gasteiger charge is 2.09. The number of carbonyl (C=O) groups excluding carboxylic acids is 1. The Balaban J connectivity index is 2.22. The molecule has 2 N–H and O–H groups in total. The predicted octanol–water partition coefficient (Wildman–Crippen LogP) is 3.13. The van der Waals surface area contributed by atoms with Crippen LogP contribution in [0.4, 0.5) is 4.39 Å². The Kier molecular flexibility index (Phi) is 4.90. The lowest BCUT2D eigenvalue weighted by atomic mass is 10.1. The zero-order chi connectivity index (χ0) is 16.3. The molecule has 0 saturated carbocycles. The largest absolute Gasteiger partial charge is 0.289 e. The quantitative estimate of drug-likeness (QED) is 0.650. The van der Waals surface area contributed by atoms with E-state index in [0.29, 0.717) is 4.47 Å². The van der Waals surface area contributed by atoms with E-state index < -0.39 is 15.8 Å². The lowest BCUT2D eigenvalue weighted by Gasteiger charge is -2.00. The first-order valence-electron chi connectivity index (χ1n) is 6.08. The maximum Gasteiger partial charge on any atom is 0.238 e. The Bertz CT molecular complexity index is 846. The molecule has 22 heavy (non-hydrogen) atoms. The topological polar surface area (TPSA) is 77.2 Å². The summed E-state index contributed by atoms with van der Waals surface area (Å²) in [6.45, 7) is 0. The van der Waals surface area contributed by atoms with Crippen LogP contribution in [-0.2, 0) is 10.0 Å². The fourth-order valence-electron chi connectivity index (χ4n) is 1.71. The third-order valence-electron chi connectivity index (χ3n) is 2.84. The standard InChI is InChI=1S/C15H11BrFNO3S/c16-12-4-7-14(17)11(9-12)3-8-15(19)10-1-5-13(6-2-10)22(18,20)21/h1-9H,(H2,18,20,21)/b8-3+. The molecule has 0 fully saturated rings. The van der Waals surface area contributed by atoms with Crippen molar-refractivity contribution in [3.8, 4) is 0 Å². The molecule has 0 aliphatic carbocycles. The molecular weight excluding hydrogens is 373 g/mol. The number of sulfonamides is 1. The van der Waals surface area contributed by atoms with Gasteiger partial charge in [0.25, 0.3) is 0 Å². The second kappa shape index (κ2) is 6.51. The minimum absolute atomic E-state index is 0.0777. The van der Waals surface area contributed by atoms with Gasteiger partial charge in [0.15, 0.2) is 5.78 Å². The van der Waals surface area contributed by atoms with E-state index in [1.807, 2.05) is 0 Å². The third kappa shape index (κ3) is 4.09. The normalized spacial score (nSPS) is 11.8. The summed E-state index contributed by atoms with van der Waals surface area (Å²) in [5.74, 6) is -0.822. The van der Waals surface area contributed by atoms with Crippen LogP contribution in [0.5, 0.6) is 0 Å². The van der Waals surface area contributed by atoms with Crippen molar-refractivity contribution in [2.75, 3.05) is 0 Å². The van der Waals surface area contributed by atoms with Gasteiger partial charge in [0.1, 0.15) is 5.82 Å². The minimum Gasteiger partial charge on any atom is -0.289 e.